The first-order valence-electron chi connectivity index (χ1n) is 8.56. The average Bonchev–Trinajstić information content (AvgIpc) is 2.87. The van der Waals surface area contributed by atoms with Gasteiger partial charge in [0.25, 0.3) is 0 Å². The van der Waals surface area contributed by atoms with E-state index < -0.39 is 21.9 Å². The van der Waals surface area contributed by atoms with Crippen molar-refractivity contribution in [3.05, 3.63) is 24.0 Å². The molecule has 140 valence electrons. The highest BCUT2D eigenvalue weighted by Gasteiger charge is 2.29. The van der Waals surface area contributed by atoms with Gasteiger partial charge < -0.3 is 10.6 Å². The molecule has 0 aliphatic carbocycles. The predicted octanol–water partition coefficient (Wildman–Crippen LogP) is 3.31. The van der Waals surface area contributed by atoms with Crippen molar-refractivity contribution >= 4 is 27.4 Å². The second-order valence-corrected chi connectivity index (χ2v) is 8.89. The molecule has 0 bridgehead atoms. The Morgan fingerprint density at radius 3 is 2.60 bits per heavy atom. The average molecular weight is 371 g/mol. The molecule has 0 spiro atoms. The van der Waals surface area contributed by atoms with E-state index in [1.807, 2.05) is 6.92 Å². The molecule has 25 heavy (non-hydrogen) atoms. The molecule has 8 heteroatoms. The van der Waals surface area contributed by atoms with Crippen LogP contribution in [0.1, 0.15) is 40.0 Å². The van der Waals surface area contributed by atoms with E-state index >= 15 is 0 Å². The van der Waals surface area contributed by atoms with Gasteiger partial charge in [-0.15, -0.1) is 0 Å². The molecule has 1 aliphatic rings. The van der Waals surface area contributed by atoms with E-state index in [2.05, 4.69) is 24.5 Å². The van der Waals surface area contributed by atoms with Crippen LogP contribution in [0.25, 0.3) is 0 Å². The minimum atomic E-state index is -3.35. The van der Waals surface area contributed by atoms with E-state index in [-0.39, 0.29) is 17.5 Å². The number of hydrogen-bond donors (Lipinski definition) is 2. The van der Waals surface area contributed by atoms with Crippen LogP contribution in [0.3, 0.4) is 0 Å². The first-order valence-corrected chi connectivity index (χ1v) is 10.2. The summed E-state index contributed by atoms with van der Waals surface area (Å²) in [4.78, 5) is 12.1. The maximum Gasteiger partial charge on any atom is 0.319 e. The Balaban J connectivity index is 2.04. The SMILES string of the molecule is CC(C)CCC(C)NC(=O)Nc1cc(N2CCCS2(=O)=O)ccc1F. The van der Waals surface area contributed by atoms with Crippen molar-refractivity contribution in [3.8, 4) is 0 Å². The molecular formula is C17H26FN3O3S. The molecule has 1 fully saturated rings. The zero-order valence-electron chi connectivity index (χ0n) is 14.9. The summed E-state index contributed by atoms with van der Waals surface area (Å²) >= 11 is 0. The number of anilines is 2. The Kier molecular flexibility index (Phi) is 6.26. The maximum absolute atomic E-state index is 14.0. The van der Waals surface area contributed by atoms with Crippen LogP contribution in [0.2, 0.25) is 0 Å². The lowest BCUT2D eigenvalue weighted by atomic mass is 10.0. The fraction of sp³-hybridized carbons (Fsp3) is 0.588. The van der Waals surface area contributed by atoms with Crippen molar-refractivity contribution in [2.45, 2.75) is 46.1 Å². The number of hydrogen-bond acceptors (Lipinski definition) is 3. The molecule has 2 N–H and O–H groups in total. The summed E-state index contributed by atoms with van der Waals surface area (Å²) in [5.74, 6) is 0.0234. The molecule has 2 rings (SSSR count). The van der Waals surface area contributed by atoms with Gasteiger partial charge in [-0.3, -0.25) is 4.31 Å². The van der Waals surface area contributed by atoms with Crippen LogP contribution >= 0.6 is 0 Å². The molecule has 1 heterocycles. The molecule has 1 atom stereocenters. The van der Waals surface area contributed by atoms with Gasteiger partial charge in [0.05, 0.1) is 17.1 Å². The minimum Gasteiger partial charge on any atom is -0.335 e. The lowest BCUT2D eigenvalue weighted by molar-refractivity contribution is 0.248. The summed E-state index contributed by atoms with van der Waals surface area (Å²) in [5, 5.41) is 5.24. The van der Waals surface area contributed by atoms with Crippen LogP contribution in [0.4, 0.5) is 20.6 Å². The number of carbonyl (C=O) groups excluding carboxylic acids is 1. The number of benzene rings is 1. The number of carbonyl (C=O) groups is 1. The lowest BCUT2D eigenvalue weighted by Crippen LogP contribution is -2.36. The molecule has 1 aliphatic heterocycles. The first-order chi connectivity index (χ1) is 11.7. The fourth-order valence-electron chi connectivity index (χ4n) is 2.73. The Hall–Kier alpha value is -1.83. The van der Waals surface area contributed by atoms with Gasteiger partial charge in [0.1, 0.15) is 5.82 Å². The van der Waals surface area contributed by atoms with Crippen LogP contribution in [0.15, 0.2) is 18.2 Å². The number of halogens is 1. The van der Waals surface area contributed by atoms with E-state index in [1.165, 1.54) is 22.5 Å². The zero-order chi connectivity index (χ0) is 18.6. The third-order valence-electron chi connectivity index (χ3n) is 4.14. The van der Waals surface area contributed by atoms with Gasteiger partial charge in [0.2, 0.25) is 10.0 Å². The highest BCUT2D eigenvalue weighted by Crippen LogP contribution is 2.28. The summed E-state index contributed by atoms with van der Waals surface area (Å²) in [5.41, 5.74) is 0.329. The smallest absolute Gasteiger partial charge is 0.319 e. The summed E-state index contributed by atoms with van der Waals surface area (Å²) < 4.78 is 39.2. The Bertz CT molecular complexity index is 722. The van der Waals surface area contributed by atoms with Gasteiger partial charge in [0, 0.05) is 12.6 Å². The summed E-state index contributed by atoms with van der Waals surface area (Å²) in [7, 11) is -3.35. The quantitative estimate of drug-likeness (QED) is 0.805. The third kappa shape index (κ3) is 5.32. The second kappa shape index (κ2) is 8.03. The van der Waals surface area contributed by atoms with Crippen LogP contribution in [0.5, 0.6) is 0 Å². The topological polar surface area (TPSA) is 78.5 Å². The van der Waals surface area contributed by atoms with Gasteiger partial charge in [-0.05, 0) is 50.3 Å². The molecule has 1 saturated heterocycles. The molecule has 6 nitrogen and oxygen atoms in total. The van der Waals surface area contributed by atoms with E-state index in [0.717, 1.165) is 12.8 Å². The van der Waals surface area contributed by atoms with Crippen LogP contribution in [0, 0.1) is 11.7 Å². The van der Waals surface area contributed by atoms with Crippen molar-refractivity contribution in [3.63, 3.8) is 0 Å². The van der Waals surface area contributed by atoms with Gasteiger partial charge >= 0.3 is 6.03 Å². The fourth-order valence-corrected chi connectivity index (χ4v) is 4.29. The van der Waals surface area contributed by atoms with E-state index in [0.29, 0.717) is 24.6 Å². The van der Waals surface area contributed by atoms with Gasteiger partial charge in [-0.2, -0.15) is 0 Å². The number of rotatable bonds is 6. The van der Waals surface area contributed by atoms with E-state index in [9.17, 15) is 17.6 Å². The van der Waals surface area contributed by atoms with E-state index in [1.54, 1.807) is 0 Å². The molecule has 1 aromatic rings. The number of amides is 2. The van der Waals surface area contributed by atoms with Crippen molar-refractivity contribution < 1.29 is 17.6 Å². The van der Waals surface area contributed by atoms with Crippen LogP contribution in [-0.2, 0) is 10.0 Å². The Morgan fingerprint density at radius 2 is 2.00 bits per heavy atom. The zero-order valence-corrected chi connectivity index (χ0v) is 15.7. The second-order valence-electron chi connectivity index (χ2n) is 6.88. The molecule has 0 aromatic heterocycles. The first kappa shape index (κ1) is 19.5. The standard InChI is InChI=1S/C17H26FN3O3S/c1-12(2)5-6-13(3)19-17(22)20-16-11-14(7-8-15(16)18)21-9-4-10-25(21,23)24/h7-8,11-13H,4-6,9-10H2,1-3H3,(H2,19,20,22). The van der Waals surface area contributed by atoms with Crippen molar-refractivity contribution in [1.82, 2.24) is 5.32 Å². The summed E-state index contributed by atoms with van der Waals surface area (Å²) in [6.07, 6.45) is 2.36. The van der Waals surface area contributed by atoms with Crippen LogP contribution in [-0.4, -0.2) is 32.8 Å². The van der Waals surface area contributed by atoms with Crippen LogP contribution < -0.4 is 14.9 Å². The molecule has 0 radical (unpaired) electrons. The van der Waals surface area contributed by atoms with E-state index in [4.69, 9.17) is 0 Å². The summed E-state index contributed by atoms with van der Waals surface area (Å²) in [6.45, 7) is 6.48. The number of nitrogens with one attached hydrogen (secondary N) is 2. The lowest BCUT2D eigenvalue weighted by Gasteiger charge is -2.19. The van der Waals surface area contributed by atoms with Crippen molar-refractivity contribution in [1.29, 1.82) is 0 Å². The van der Waals surface area contributed by atoms with Crippen molar-refractivity contribution in [2.24, 2.45) is 5.92 Å². The molecule has 1 unspecified atom stereocenters. The summed E-state index contributed by atoms with van der Waals surface area (Å²) in [6, 6.07) is 3.40. The monoisotopic (exact) mass is 371 g/mol. The van der Waals surface area contributed by atoms with Gasteiger partial charge in [-0.1, -0.05) is 13.8 Å². The number of nitrogens with zero attached hydrogens (tertiary/aromatic N) is 1. The van der Waals surface area contributed by atoms with Crippen molar-refractivity contribution in [2.75, 3.05) is 21.9 Å². The third-order valence-corrected chi connectivity index (χ3v) is 6.01. The Labute approximate surface area is 148 Å². The molecule has 2 amide bonds. The predicted molar refractivity (Wildman–Crippen MR) is 97.8 cm³/mol. The highest BCUT2D eigenvalue weighted by molar-refractivity contribution is 7.93. The minimum absolute atomic E-state index is 0.0341. The molecule has 1 aromatic carbocycles. The molecule has 0 saturated carbocycles. The Morgan fingerprint density at radius 1 is 1.28 bits per heavy atom. The van der Waals surface area contributed by atoms with Gasteiger partial charge in [-0.25, -0.2) is 17.6 Å². The van der Waals surface area contributed by atoms with Gasteiger partial charge in [0.15, 0.2) is 0 Å². The number of urea groups is 1. The number of sulfonamides is 1. The molecular weight excluding hydrogens is 345 g/mol. The normalized spacial score (nSPS) is 17.6. The maximum atomic E-state index is 14.0. The highest BCUT2D eigenvalue weighted by atomic mass is 32.2. The largest absolute Gasteiger partial charge is 0.335 e.